The van der Waals surface area contributed by atoms with Crippen molar-refractivity contribution in [1.29, 1.82) is 0 Å². The second kappa shape index (κ2) is 5.41. The average Bonchev–Trinajstić information content (AvgIpc) is 3.18. The van der Waals surface area contributed by atoms with Crippen molar-refractivity contribution in [3.8, 4) is 0 Å². The zero-order valence-electron chi connectivity index (χ0n) is 13.3. The first-order valence-electron chi connectivity index (χ1n) is 8.01. The van der Waals surface area contributed by atoms with Gasteiger partial charge >= 0.3 is 0 Å². The summed E-state index contributed by atoms with van der Waals surface area (Å²) in [5.41, 5.74) is 6.66. The Morgan fingerprint density at radius 2 is 1.95 bits per heavy atom. The van der Waals surface area contributed by atoms with Crippen LogP contribution in [0.15, 0.2) is 30.3 Å². The molecule has 4 heteroatoms. The standard InChI is InChI=1S/C18H24N2O2/c1-18(2)10-13(8-16(19)21)20(11-18)17(22)15-9-14(15)12-6-4-3-5-7-12/h3-7,13-15H,8-11H2,1-2H3,(H2,19,21)/t13?,14-,15+/m1/s1. The smallest absolute Gasteiger partial charge is 0.226 e. The van der Waals surface area contributed by atoms with Crippen LogP contribution in [0.5, 0.6) is 0 Å². The second-order valence-electron chi connectivity index (χ2n) is 7.52. The largest absolute Gasteiger partial charge is 0.370 e. The number of nitrogens with two attached hydrogens (primary N) is 1. The molecule has 2 amide bonds. The molecule has 2 aliphatic rings. The van der Waals surface area contributed by atoms with Crippen molar-refractivity contribution in [2.75, 3.05) is 6.54 Å². The molecule has 1 aliphatic heterocycles. The molecule has 0 aromatic heterocycles. The van der Waals surface area contributed by atoms with Gasteiger partial charge in [0.05, 0.1) is 0 Å². The molecule has 2 N–H and O–H groups in total. The van der Waals surface area contributed by atoms with Gasteiger partial charge in [0.15, 0.2) is 0 Å². The van der Waals surface area contributed by atoms with E-state index in [-0.39, 0.29) is 35.6 Å². The normalized spacial score (nSPS) is 29.4. The first-order chi connectivity index (χ1) is 10.4. The summed E-state index contributed by atoms with van der Waals surface area (Å²) in [4.78, 5) is 26.0. The summed E-state index contributed by atoms with van der Waals surface area (Å²) >= 11 is 0. The average molecular weight is 300 g/mol. The summed E-state index contributed by atoms with van der Waals surface area (Å²) in [6.45, 7) is 5.02. The van der Waals surface area contributed by atoms with Crippen molar-refractivity contribution in [2.24, 2.45) is 17.1 Å². The van der Waals surface area contributed by atoms with Crippen molar-refractivity contribution in [1.82, 2.24) is 4.90 Å². The van der Waals surface area contributed by atoms with Gasteiger partial charge in [-0.2, -0.15) is 0 Å². The summed E-state index contributed by atoms with van der Waals surface area (Å²) in [6.07, 6.45) is 2.05. The fourth-order valence-electron chi connectivity index (χ4n) is 3.82. The molecule has 22 heavy (non-hydrogen) atoms. The number of primary amides is 1. The number of hydrogen-bond donors (Lipinski definition) is 1. The van der Waals surface area contributed by atoms with Crippen LogP contribution < -0.4 is 5.73 Å². The molecule has 1 saturated heterocycles. The van der Waals surface area contributed by atoms with Gasteiger partial charge < -0.3 is 10.6 Å². The highest BCUT2D eigenvalue weighted by Crippen LogP contribution is 2.50. The first kappa shape index (κ1) is 15.1. The molecule has 1 aliphatic carbocycles. The van der Waals surface area contributed by atoms with Crippen LogP contribution >= 0.6 is 0 Å². The fourth-order valence-corrected chi connectivity index (χ4v) is 3.82. The molecular weight excluding hydrogens is 276 g/mol. The maximum Gasteiger partial charge on any atom is 0.226 e. The summed E-state index contributed by atoms with van der Waals surface area (Å²) in [7, 11) is 0. The van der Waals surface area contributed by atoms with E-state index in [1.165, 1.54) is 5.56 Å². The summed E-state index contributed by atoms with van der Waals surface area (Å²) in [5, 5.41) is 0. The minimum absolute atomic E-state index is 0.0305. The topological polar surface area (TPSA) is 63.4 Å². The summed E-state index contributed by atoms with van der Waals surface area (Å²) < 4.78 is 0. The van der Waals surface area contributed by atoms with Gasteiger partial charge in [-0.25, -0.2) is 0 Å². The van der Waals surface area contributed by atoms with Gasteiger partial charge in [-0.05, 0) is 29.7 Å². The lowest BCUT2D eigenvalue weighted by Crippen LogP contribution is -2.39. The predicted octanol–water partition coefficient (Wildman–Crippen LogP) is 2.29. The number of amides is 2. The third-order valence-electron chi connectivity index (χ3n) is 4.88. The number of carbonyl (C=O) groups is 2. The Labute approximate surface area is 131 Å². The van der Waals surface area contributed by atoms with E-state index in [2.05, 4.69) is 26.0 Å². The van der Waals surface area contributed by atoms with Gasteiger partial charge in [0.25, 0.3) is 0 Å². The van der Waals surface area contributed by atoms with E-state index in [0.29, 0.717) is 5.92 Å². The molecule has 3 rings (SSSR count). The number of nitrogens with zero attached hydrogens (tertiary/aromatic N) is 1. The Hall–Kier alpha value is -1.84. The minimum atomic E-state index is -0.323. The molecule has 0 spiro atoms. The highest BCUT2D eigenvalue weighted by molar-refractivity contribution is 5.84. The molecule has 2 fully saturated rings. The van der Waals surface area contributed by atoms with Crippen LogP contribution in [0.2, 0.25) is 0 Å². The highest BCUT2D eigenvalue weighted by Gasteiger charge is 2.50. The van der Waals surface area contributed by atoms with Gasteiger partial charge in [-0.15, -0.1) is 0 Å². The lowest BCUT2D eigenvalue weighted by atomic mass is 9.90. The number of benzene rings is 1. The Balaban J connectivity index is 1.70. The van der Waals surface area contributed by atoms with Crippen LogP contribution in [0.3, 0.4) is 0 Å². The van der Waals surface area contributed by atoms with Gasteiger partial charge in [-0.3, -0.25) is 9.59 Å². The minimum Gasteiger partial charge on any atom is -0.370 e. The van der Waals surface area contributed by atoms with E-state index in [4.69, 9.17) is 5.73 Å². The lowest BCUT2D eigenvalue weighted by Gasteiger charge is -2.24. The Morgan fingerprint density at radius 1 is 1.27 bits per heavy atom. The maximum absolute atomic E-state index is 12.8. The van der Waals surface area contributed by atoms with Crippen molar-refractivity contribution in [3.05, 3.63) is 35.9 Å². The Morgan fingerprint density at radius 3 is 2.59 bits per heavy atom. The predicted molar refractivity (Wildman–Crippen MR) is 85.0 cm³/mol. The molecule has 0 radical (unpaired) electrons. The summed E-state index contributed by atoms with van der Waals surface area (Å²) in [5.74, 6) is 0.292. The third kappa shape index (κ3) is 3.01. The van der Waals surface area contributed by atoms with E-state index in [1.54, 1.807) is 0 Å². The summed E-state index contributed by atoms with van der Waals surface area (Å²) in [6, 6.07) is 10.2. The van der Waals surface area contributed by atoms with Gasteiger partial charge in [-0.1, -0.05) is 44.2 Å². The maximum atomic E-state index is 12.8. The van der Waals surface area contributed by atoms with Crippen LogP contribution in [0, 0.1) is 11.3 Å². The number of hydrogen-bond acceptors (Lipinski definition) is 2. The van der Waals surface area contributed by atoms with Crippen LogP contribution in [-0.2, 0) is 9.59 Å². The van der Waals surface area contributed by atoms with Crippen LogP contribution in [0.1, 0.15) is 44.6 Å². The molecular formula is C18H24N2O2. The quantitative estimate of drug-likeness (QED) is 0.927. The van der Waals surface area contributed by atoms with E-state index >= 15 is 0 Å². The lowest BCUT2D eigenvalue weighted by molar-refractivity contribution is -0.134. The Bertz CT molecular complexity index is 582. The molecule has 3 atom stereocenters. The molecule has 118 valence electrons. The van der Waals surface area contributed by atoms with Crippen molar-refractivity contribution in [3.63, 3.8) is 0 Å². The molecule has 1 saturated carbocycles. The van der Waals surface area contributed by atoms with Crippen LogP contribution in [0.25, 0.3) is 0 Å². The zero-order valence-corrected chi connectivity index (χ0v) is 13.3. The van der Waals surface area contributed by atoms with E-state index in [0.717, 1.165) is 19.4 Å². The monoisotopic (exact) mass is 300 g/mol. The fraction of sp³-hybridized carbons (Fsp3) is 0.556. The molecule has 0 bridgehead atoms. The molecule has 1 unspecified atom stereocenters. The molecule has 1 aromatic rings. The second-order valence-corrected chi connectivity index (χ2v) is 7.52. The molecule has 1 aromatic carbocycles. The van der Waals surface area contributed by atoms with E-state index in [9.17, 15) is 9.59 Å². The van der Waals surface area contributed by atoms with Crippen LogP contribution in [0.4, 0.5) is 0 Å². The van der Waals surface area contributed by atoms with E-state index in [1.807, 2.05) is 23.1 Å². The number of rotatable bonds is 4. The third-order valence-corrected chi connectivity index (χ3v) is 4.88. The van der Waals surface area contributed by atoms with Crippen molar-refractivity contribution in [2.45, 2.75) is 45.1 Å². The molecule has 4 nitrogen and oxygen atoms in total. The van der Waals surface area contributed by atoms with Crippen LogP contribution in [-0.4, -0.2) is 29.3 Å². The SMILES string of the molecule is CC1(C)CC(CC(N)=O)N(C(=O)[C@H]2C[C@@H]2c2ccccc2)C1. The number of likely N-dealkylation sites (tertiary alicyclic amines) is 1. The zero-order chi connectivity index (χ0) is 15.9. The first-order valence-corrected chi connectivity index (χ1v) is 8.01. The number of carbonyl (C=O) groups excluding carboxylic acids is 2. The van der Waals surface area contributed by atoms with Crippen molar-refractivity contribution < 1.29 is 9.59 Å². The van der Waals surface area contributed by atoms with Crippen molar-refractivity contribution >= 4 is 11.8 Å². The highest BCUT2D eigenvalue weighted by atomic mass is 16.2. The van der Waals surface area contributed by atoms with Gasteiger partial charge in [0, 0.05) is 24.9 Å². The van der Waals surface area contributed by atoms with Gasteiger partial charge in [0.1, 0.15) is 0 Å². The Kier molecular flexibility index (Phi) is 3.71. The van der Waals surface area contributed by atoms with Gasteiger partial charge in [0.2, 0.25) is 11.8 Å². The molecule has 1 heterocycles. The van der Waals surface area contributed by atoms with E-state index < -0.39 is 0 Å².